The van der Waals surface area contributed by atoms with Gasteiger partial charge < -0.3 is 26.0 Å². The van der Waals surface area contributed by atoms with Gasteiger partial charge in [-0.3, -0.25) is 19.6 Å². The number of rotatable bonds is 8. The Bertz CT molecular complexity index is 1270. The van der Waals surface area contributed by atoms with Crippen LogP contribution in [0.2, 0.25) is 0 Å². The van der Waals surface area contributed by atoms with Crippen molar-refractivity contribution in [2.24, 2.45) is 29.2 Å². The van der Waals surface area contributed by atoms with Crippen molar-refractivity contribution in [1.29, 1.82) is 0 Å². The molecule has 2 aromatic rings. The van der Waals surface area contributed by atoms with Crippen LogP contribution in [0.15, 0.2) is 41.3 Å². The summed E-state index contributed by atoms with van der Waals surface area (Å²) in [7, 11) is 0. The van der Waals surface area contributed by atoms with E-state index in [1.54, 1.807) is 35.9 Å². The zero-order chi connectivity index (χ0) is 28.6. The third-order valence-electron chi connectivity index (χ3n) is 8.35. The van der Waals surface area contributed by atoms with Crippen molar-refractivity contribution in [2.45, 2.75) is 32.4 Å². The maximum absolute atomic E-state index is 12.7. The molecule has 12 nitrogen and oxygen atoms in total. The molecule has 5 N–H and O–H groups in total. The maximum Gasteiger partial charge on any atom is 0.354 e. The molecule has 1 aromatic carbocycles. The van der Waals surface area contributed by atoms with Gasteiger partial charge in [-0.15, -0.1) is 0 Å². The number of amides is 3. The van der Waals surface area contributed by atoms with Crippen LogP contribution in [0.1, 0.15) is 20.8 Å². The van der Waals surface area contributed by atoms with Crippen LogP contribution < -0.4 is 27.2 Å². The van der Waals surface area contributed by atoms with Gasteiger partial charge in [-0.05, 0) is 75.4 Å². The lowest BCUT2D eigenvalue weighted by Crippen LogP contribution is -2.58. The van der Waals surface area contributed by atoms with Crippen molar-refractivity contribution >= 4 is 17.8 Å². The van der Waals surface area contributed by atoms with E-state index in [0.717, 1.165) is 37.2 Å². The van der Waals surface area contributed by atoms with Gasteiger partial charge in [0.1, 0.15) is 18.2 Å². The number of carbonyl (C=O) groups is 2. The predicted molar refractivity (Wildman–Crippen MR) is 151 cm³/mol. The van der Waals surface area contributed by atoms with Crippen LogP contribution in [-0.2, 0) is 4.79 Å². The largest absolute Gasteiger partial charge is 0.492 e. The van der Waals surface area contributed by atoms with Crippen LogP contribution in [0.3, 0.4) is 0 Å². The van der Waals surface area contributed by atoms with Gasteiger partial charge in [-0.25, -0.2) is 9.59 Å². The Labute approximate surface area is 234 Å². The lowest BCUT2D eigenvalue weighted by atomic mass is 10.1. The van der Waals surface area contributed by atoms with Gasteiger partial charge in [0.05, 0.1) is 11.2 Å². The summed E-state index contributed by atoms with van der Waals surface area (Å²) in [4.78, 5) is 47.5. The van der Waals surface area contributed by atoms with Gasteiger partial charge in [0, 0.05) is 51.5 Å². The molecular formula is C28H40N8O4. The number of nitrogens with two attached hydrogens (primary N) is 2. The molecule has 3 amide bonds. The first kappa shape index (κ1) is 28.1. The van der Waals surface area contributed by atoms with Crippen LogP contribution >= 0.6 is 0 Å². The summed E-state index contributed by atoms with van der Waals surface area (Å²) in [6.45, 7) is 10.7. The summed E-state index contributed by atoms with van der Waals surface area (Å²) >= 11 is 0. The quantitative estimate of drug-likeness (QED) is 0.429. The minimum Gasteiger partial charge on any atom is -0.492 e. The topological polar surface area (TPSA) is 152 Å². The number of likely N-dealkylation sites (tertiary alicyclic amines) is 1. The number of benzene rings is 1. The summed E-state index contributed by atoms with van der Waals surface area (Å²) in [5.74, 6) is 2.99. The lowest BCUT2D eigenvalue weighted by molar-refractivity contribution is -0.137. The first-order valence-corrected chi connectivity index (χ1v) is 14.0. The highest BCUT2D eigenvalue weighted by Crippen LogP contribution is 2.51. The van der Waals surface area contributed by atoms with E-state index in [9.17, 15) is 14.4 Å². The predicted octanol–water partition coefficient (Wildman–Crippen LogP) is 0.550. The van der Waals surface area contributed by atoms with Crippen LogP contribution in [-0.4, -0.2) is 100 Å². The number of nitrogens with one attached hydrogen (secondary N) is 1. The van der Waals surface area contributed by atoms with E-state index < -0.39 is 11.2 Å². The number of hydrogen-bond donors (Lipinski definition) is 3. The molecule has 1 aliphatic carbocycles. The Balaban J connectivity index is 1.10. The molecule has 0 bridgehead atoms. The molecule has 3 aliphatic rings. The number of aromatic nitrogens is 2. The molecule has 0 radical (unpaired) electrons. The van der Waals surface area contributed by atoms with E-state index in [2.05, 4.69) is 22.1 Å². The van der Waals surface area contributed by atoms with Crippen molar-refractivity contribution in [3.63, 3.8) is 0 Å². The minimum atomic E-state index is -0.951. The number of piperidine rings is 1. The van der Waals surface area contributed by atoms with E-state index in [0.29, 0.717) is 50.4 Å². The van der Waals surface area contributed by atoms with Crippen LogP contribution in [0.4, 0.5) is 10.6 Å². The summed E-state index contributed by atoms with van der Waals surface area (Å²) < 4.78 is 7.42. The number of urea groups is 1. The standard InChI is InChI=1S/C28H40N8O4/c1-18(35-15-22-21(14-29)23(22)16-35)17-40-20-6-4-19(5-7-20)36-9-8-24(32-27(36)39)31-26(38)34-12-10-33(11-13-34)25(37)28(2,3)30/h4-9,18,21-23H,10-17,29-30H2,1-3H3,(H,31,32,38,39). The summed E-state index contributed by atoms with van der Waals surface area (Å²) in [6.07, 6.45) is 1.58. The van der Waals surface area contributed by atoms with Gasteiger partial charge in [0.15, 0.2) is 0 Å². The maximum atomic E-state index is 12.7. The summed E-state index contributed by atoms with van der Waals surface area (Å²) in [6, 6.07) is 8.83. The molecule has 216 valence electrons. The molecule has 1 saturated carbocycles. The molecule has 3 unspecified atom stereocenters. The van der Waals surface area contributed by atoms with E-state index in [-0.39, 0.29) is 17.8 Å². The fourth-order valence-electron chi connectivity index (χ4n) is 5.79. The Morgan fingerprint density at radius 3 is 2.27 bits per heavy atom. The molecule has 0 spiro atoms. The van der Waals surface area contributed by atoms with Gasteiger partial charge in [0.25, 0.3) is 0 Å². The van der Waals surface area contributed by atoms with Gasteiger partial charge in [-0.2, -0.15) is 4.98 Å². The normalized spacial score (nSPS) is 23.5. The third kappa shape index (κ3) is 5.98. The number of anilines is 1. The lowest BCUT2D eigenvalue weighted by Gasteiger charge is -2.37. The van der Waals surface area contributed by atoms with Crippen molar-refractivity contribution in [2.75, 3.05) is 57.7 Å². The fraction of sp³-hybridized carbons (Fsp3) is 0.571. The summed E-state index contributed by atoms with van der Waals surface area (Å²) in [5, 5.41) is 2.68. The molecular weight excluding hydrogens is 512 g/mol. The minimum absolute atomic E-state index is 0.147. The number of ether oxygens (including phenoxy) is 1. The number of hydrogen-bond acceptors (Lipinski definition) is 8. The average molecular weight is 553 g/mol. The van der Waals surface area contributed by atoms with Crippen molar-refractivity contribution in [1.82, 2.24) is 24.3 Å². The fourth-order valence-corrected chi connectivity index (χ4v) is 5.79. The smallest absolute Gasteiger partial charge is 0.354 e. The second kappa shape index (κ2) is 11.2. The highest BCUT2D eigenvalue weighted by atomic mass is 16.5. The molecule has 2 saturated heterocycles. The van der Waals surface area contributed by atoms with E-state index in [1.165, 1.54) is 4.57 Å². The van der Waals surface area contributed by atoms with Crippen molar-refractivity contribution in [3.8, 4) is 11.4 Å². The number of carbonyl (C=O) groups excluding carboxylic acids is 2. The zero-order valence-electron chi connectivity index (χ0n) is 23.5. The van der Waals surface area contributed by atoms with Gasteiger partial charge in [-0.1, -0.05) is 0 Å². The molecule has 3 atom stereocenters. The zero-order valence-corrected chi connectivity index (χ0v) is 23.5. The molecule has 2 aliphatic heterocycles. The molecule has 3 fully saturated rings. The van der Waals surface area contributed by atoms with Crippen LogP contribution in [0, 0.1) is 17.8 Å². The van der Waals surface area contributed by atoms with E-state index >= 15 is 0 Å². The highest BCUT2D eigenvalue weighted by Gasteiger charge is 2.55. The van der Waals surface area contributed by atoms with Gasteiger partial charge >= 0.3 is 11.7 Å². The number of piperazine rings is 1. The second-order valence-electron chi connectivity index (χ2n) is 11.7. The Kier molecular flexibility index (Phi) is 7.85. The molecule has 5 rings (SSSR count). The Morgan fingerprint density at radius 2 is 1.70 bits per heavy atom. The first-order valence-electron chi connectivity index (χ1n) is 14.0. The second-order valence-corrected chi connectivity index (χ2v) is 11.7. The Morgan fingerprint density at radius 1 is 1.07 bits per heavy atom. The van der Waals surface area contributed by atoms with Crippen molar-refractivity contribution in [3.05, 3.63) is 47.0 Å². The SMILES string of the molecule is CC(COc1ccc(-n2ccc(NC(=O)N3CCN(C(=O)C(C)(C)N)CC3)nc2=O)cc1)N1CC2C(CN)C2C1. The molecule has 12 heteroatoms. The van der Waals surface area contributed by atoms with E-state index in [4.69, 9.17) is 16.2 Å². The van der Waals surface area contributed by atoms with Crippen LogP contribution in [0.5, 0.6) is 5.75 Å². The summed E-state index contributed by atoms with van der Waals surface area (Å²) in [5.41, 5.74) is 10.9. The monoisotopic (exact) mass is 552 g/mol. The number of nitrogens with zero attached hydrogens (tertiary/aromatic N) is 5. The molecule has 40 heavy (non-hydrogen) atoms. The Hall–Kier alpha value is -3.48. The highest BCUT2D eigenvalue weighted by molar-refractivity contribution is 5.89. The first-order chi connectivity index (χ1) is 19.0. The van der Waals surface area contributed by atoms with Crippen LogP contribution in [0.25, 0.3) is 5.69 Å². The number of fused-ring (bicyclic) bond motifs is 1. The third-order valence-corrected chi connectivity index (χ3v) is 8.35. The van der Waals surface area contributed by atoms with E-state index in [1.807, 2.05) is 24.3 Å². The molecule has 3 heterocycles. The van der Waals surface area contributed by atoms with Gasteiger partial charge in [0.2, 0.25) is 5.91 Å². The molecule has 1 aromatic heterocycles. The van der Waals surface area contributed by atoms with Crippen molar-refractivity contribution < 1.29 is 14.3 Å². The average Bonchev–Trinajstić information content (AvgIpc) is 3.41.